The van der Waals surface area contributed by atoms with Crippen molar-refractivity contribution in [3.8, 4) is 0 Å². The molecule has 0 rings (SSSR count). The van der Waals surface area contributed by atoms with Crippen molar-refractivity contribution in [1.82, 2.24) is 0 Å². The molecule has 0 amide bonds. The van der Waals surface area contributed by atoms with Crippen LogP contribution in [0.25, 0.3) is 0 Å². The van der Waals surface area contributed by atoms with Gasteiger partial charge in [-0.3, -0.25) is 14.4 Å². The molecule has 0 aliphatic carbocycles. The first kappa shape index (κ1) is 65.5. The summed E-state index contributed by atoms with van der Waals surface area (Å²) in [7, 11) is 0. The molecule has 71 heavy (non-hydrogen) atoms. The molecule has 0 saturated heterocycles. The number of carbonyl (C=O) groups excluding carboxylic acids is 3. The van der Waals surface area contributed by atoms with E-state index in [0.717, 1.165) is 135 Å². The fourth-order valence-electron chi connectivity index (χ4n) is 6.42. The van der Waals surface area contributed by atoms with Gasteiger partial charge in [-0.15, -0.1) is 0 Å². The zero-order chi connectivity index (χ0) is 51.4. The summed E-state index contributed by atoms with van der Waals surface area (Å²) in [5.74, 6) is -1.11. The maximum atomic E-state index is 12.8. The summed E-state index contributed by atoms with van der Waals surface area (Å²) < 4.78 is 16.7. The predicted molar refractivity (Wildman–Crippen MR) is 306 cm³/mol. The molecule has 0 bridgehead atoms. The van der Waals surface area contributed by atoms with Gasteiger partial charge in [0.2, 0.25) is 0 Å². The van der Waals surface area contributed by atoms with E-state index in [1.54, 1.807) is 0 Å². The van der Waals surface area contributed by atoms with Gasteiger partial charge in [0, 0.05) is 19.3 Å². The van der Waals surface area contributed by atoms with Crippen molar-refractivity contribution in [3.05, 3.63) is 182 Å². The molecule has 0 aromatic rings. The van der Waals surface area contributed by atoms with E-state index in [9.17, 15) is 14.4 Å². The maximum Gasteiger partial charge on any atom is 0.306 e. The van der Waals surface area contributed by atoms with E-state index in [4.69, 9.17) is 14.2 Å². The van der Waals surface area contributed by atoms with Crippen LogP contribution in [0.1, 0.15) is 188 Å². The lowest BCUT2D eigenvalue weighted by Crippen LogP contribution is -2.30. The number of rotatable bonds is 46. The molecule has 0 aliphatic rings. The average molecular weight is 973 g/mol. The van der Waals surface area contributed by atoms with Gasteiger partial charge in [-0.2, -0.15) is 0 Å². The second-order valence-corrected chi connectivity index (χ2v) is 17.0. The van der Waals surface area contributed by atoms with Gasteiger partial charge in [0.05, 0.1) is 0 Å². The van der Waals surface area contributed by atoms with Gasteiger partial charge in [-0.25, -0.2) is 0 Å². The fourth-order valence-corrected chi connectivity index (χ4v) is 6.42. The van der Waals surface area contributed by atoms with Gasteiger partial charge < -0.3 is 14.2 Å². The standard InChI is InChI=1S/C65H96O6/c1-4-7-10-13-16-19-22-25-27-29-30-31-32-33-34-36-37-40-43-46-49-52-55-58-64(67)70-61-62(60-69-63(66)57-54-51-48-45-42-39-24-21-18-15-12-9-6-3)71-65(68)59-56-53-50-47-44-41-38-35-28-26-23-20-17-14-11-8-5-2/h7-12,16-21,25-28,30-31,33-34,37-42,46-47,49-50,62H,4-6,13-15,22-24,29,32,35-36,43-45,48,51-61H2,1-3H3/b10-7-,11-8-,12-9-,19-16-,20-17-,21-18-,27-25-,28-26-,31-30-,34-33-,40-37-,41-38-,42-39-,49-46-,50-47-. The van der Waals surface area contributed by atoms with Crippen molar-refractivity contribution in [1.29, 1.82) is 0 Å². The molecule has 0 aliphatic heterocycles. The first-order valence-electron chi connectivity index (χ1n) is 27.3. The second-order valence-electron chi connectivity index (χ2n) is 17.0. The lowest BCUT2D eigenvalue weighted by atomic mass is 10.1. The summed E-state index contributed by atoms with van der Waals surface area (Å²) in [6, 6.07) is 0. The minimum atomic E-state index is -0.854. The topological polar surface area (TPSA) is 78.9 Å². The molecular weight excluding hydrogens is 877 g/mol. The number of hydrogen-bond donors (Lipinski definition) is 0. The highest BCUT2D eigenvalue weighted by atomic mass is 16.6. The van der Waals surface area contributed by atoms with Crippen molar-refractivity contribution < 1.29 is 28.6 Å². The van der Waals surface area contributed by atoms with E-state index >= 15 is 0 Å². The molecule has 392 valence electrons. The highest BCUT2D eigenvalue weighted by molar-refractivity contribution is 5.71. The average Bonchev–Trinajstić information content (AvgIpc) is 3.37. The van der Waals surface area contributed by atoms with Crippen molar-refractivity contribution in [3.63, 3.8) is 0 Å². The van der Waals surface area contributed by atoms with Gasteiger partial charge in [0.25, 0.3) is 0 Å². The minimum absolute atomic E-state index is 0.144. The maximum absolute atomic E-state index is 12.8. The largest absolute Gasteiger partial charge is 0.462 e. The summed E-state index contributed by atoms with van der Waals surface area (Å²) in [4.78, 5) is 38.0. The Kier molecular flexibility index (Phi) is 52.7. The van der Waals surface area contributed by atoms with E-state index < -0.39 is 12.1 Å². The van der Waals surface area contributed by atoms with Crippen LogP contribution in [0.2, 0.25) is 0 Å². The smallest absolute Gasteiger partial charge is 0.306 e. The van der Waals surface area contributed by atoms with Gasteiger partial charge in [-0.05, 0) is 141 Å². The zero-order valence-electron chi connectivity index (χ0n) is 44.6. The highest BCUT2D eigenvalue weighted by Gasteiger charge is 2.19. The third-order valence-corrected chi connectivity index (χ3v) is 10.4. The van der Waals surface area contributed by atoms with Gasteiger partial charge in [0.1, 0.15) is 13.2 Å². The van der Waals surface area contributed by atoms with Crippen LogP contribution in [0.3, 0.4) is 0 Å². The van der Waals surface area contributed by atoms with E-state index in [0.29, 0.717) is 19.3 Å². The van der Waals surface area contributed by atoms with Crippen LogP contribution in [0, 0.1) is 0 Å². The Balaban J connectivity index is 4.63. The summed E-state index contributed by atoms with van der Waals surface area (Å²) >= 11 is 0. The Morgan fingerprint density at radius 1 is 0.282 bits per heavy atom. The SMILES string of the molecule is CC/C=C\C/C=C\C/C=C\C/C=C\C/C=C\C/C=C\C/C=C\CCCC(=O)OCC(COC(=O)CCCCC/C=C\C/C=C\C/C=C\CC)OC(=O)CCC/C=C\C/C=C\C/C=C\C/C=C\C/C=C\CC. The predicted octanol–water partition coefficient (Wildman–Crippen LogP) is 18.5. The summed E-state index contributed by atoms with van der Waals surface area (Å²) in [5.41, 5.74) is 0. The number of hydrogen-bond acceptors (Lipinski definition) is 6. The van der Waals surface area contributed by atoms with Crippen molar-refractivity contribution in [2.45, 2.75) is 194 Å². The molecule has 0 radical (unpaired) electrons. The molecule has 6 nitrogen and oxygen atoms in total. The summed E-state index contributed by atoms with van der Waals surface area (Å²) in [6.45, 7) is 6.14. The third-order valence-electron chi connectivity index (χ3n) is 10.4. The molecule has 0 N–H and O–H groups in total. The number of allylic oxidation sites excluding steroid dienone is 30. The van der Waals surface area contributed by atoms with Crippen LogP contribution in [-0.2, 0) is 28.6 Å². The third kappa shape index (κ3) is 55.3. The molecule has 0 fully saturated rings. The molecule has 0 heterocycles. The van der Waals surface area contributed by atoms with E-state index in [1.807, 2.05) is 0 Å². The second kappa shape index (κ2) is 57.1. The lowest BCUT2D eigenvalue weighted by Gasteiger charge is -2.18. The van der Waals surface area contributed by atoms with Crippen molar-refractivity contribution in [2.75, 3.05) is 13.2 Å². The van der Waals surface area contributed by atoms with Crippen molar-refractivity contribution in [2.24, 2.45) is 0 Å². The highest BCUT2D eigenvalue weighted by Crippen LogP contribution is 2.10. The quantitative estimate of drug-likeness (QED) is 0.0262. The Hall–Kier alpha value is -5.49. The normalized spacial score (nSPS) is 13.6. The Labute approximate surface area is 434 Å². The fraction of sp³-hybridized carbons (Fsp3) is 0.492. The molecule has 0 spiro atoms. The van der Waals surface area contributed by atoms with E-state index in [2.05, 4.69) is 203 Å². The Bertz CT molecular complexity index is 1730. The first-order valence-corrected chi connectivity index (χ1v) is 27.3. The molecule has 6 heteroatoms. The van der Waals surface area contributed by atoms with E-state index in [-0.39, 0.29) is 38.0 Å². The monoisotopic (exact) mass is 973 g/mol. The number of unbranched alkanes of at least 4 members (excludes halogenated alkanes) is 5. The van der Waals surface area contributed by atoms with Gasteiger partial charge >= 0.3 is 17.9 Å². The molecule has 1 atom stereocenters. The minimum Gasteiger partial charge on any atom is -0.462 e. The summed E-state index contributed by atoms with van der Waals surface area (Å²) in [6.07, 6.45) is 86.1. The van der Waals surface area contributed by atoms with Crippen molar-refractivity contribution >= 4 is 17.9 Å². The Morgan fingerprint density at radius 2 is 0.521 bits per heavy atom. The number of esters is 3. The molecular formula is C65H96O6. The molecule has 1 unspecified atom stereocenters. The van der Waals surface area contributed by atoms with Crippen LogP contribution in [0.15, 0.2) is 182 Å². The Morgan fingerprint density at radius 3 is 0.817 bits per heavy atom. The molecule has 0 saturated carbocycles. The first-order chi connectivity index (χ1) is 35.0. The van der Waals surface area contributed by atoms with Crippen LogP contribution >= 0.6 is 0 Å². The van der Waals surface area contributed by atoms with E-state index in [1.165, 1.54) is 0 Å². The number of ether oxygens (including phenoxy) is 3. The molecule has 0 aromatic heterocycles. The van der Waals surface area contributed by atoms with Crippen LogP contribution < -0.4 is 0 Å². The van der Waals surface area contributed by atoms with Crippen LogP contribution in [0.4, 0.5) is 0 Å². The van der Waals surface area contributed by atoms with Gasteiger partial charge in [0.15, 0.2) is 6.10 Å². The van der Waals surface area contributed by atoms with Crippen LogP contribution in [0.5, 0.6) is 0 Å². The van der Waals surface area contributed by atoms with Crippen LogP contribution in [-0.4, -0.2) is 37.2 Å². The van der Waals surface area contributed by atoms with Gasteiger partial charge in [-0.1, -0.05) is 209 Å². The molecule has 0 aromatic carbocycles. The lowest BCUT2D eigenvalue weighted by molar-refractivity contribution is -0.167. The zero-order valence-corrected chi connectivity index (χ0v) is 44.6. The number of carbonyl (C=O) groups is 3. The summed E-state index contributed by atoms with van der Waals surface area (Å²) in [5, 5.41) is 0.